The Morgan fingerprint density at radius 1 is 1.44 bits per heavy atom. The molecule has 0 saturated heterocycles. The fourth-order valence-electron chi connectivity index (χ4n) is 1.56. The maximum atomic E-state index is 10.5. The molecule has 6 heteroatoms. The average molecular weight is 252 g/mol. The van der Waals surface area contributed by atoms with Crippen LogP contribution in [0, 0.1) is 0 Å². The van der Waals surface area contributed by atoms with E-state index in [1.807, 2.05) is 6.92 Å². The lowest BCUT2D eigenvalue weighted by atomic mass is 10.0. The van der Waals surface area contributed by atoms with Gasteiger partial charge in [-0.3, -0.25) is 4.55 Å². The van der Waals surface area contributed by atoms with E-state index in [1.165, 1.54) is 0 Å². The molecule has 0 bridgehead atoms. The highest BCUT2D eigenvalue weighted by Crippen LogP contribution is 2.04. The molecule has 0 aromatic heterocycles. The first-order chi connectivity index (χ1) is 7.35. The molecule has 0 radical (unpaired) electrons. The van der Waals surface area contributed by atoms with Gasteiger partial charge in [-0.1, -0.05) is 19.8 Å². The predicted octanol–water partition coefficient (Wildman–Crippen LogP) is 0.760. The van der Waals surface area contributed by atoms with Crippen molar-refractivity contribution in [3.05, 3.63) is 0 Å². The lowest BCUT2D eigenvalue weighted by molar-refractivity contribution is 0.441. The summed E-state index contributed by atoms with van der Waals surface area (Å²) in [7, 11) is -3.86. The van der Waals surface area contributed by atoms with Gasteiger partial charge in [0.2, 0.25) is 0 Å². The summed E-state index contributed by atoms with van der Waals surface area (Å²) < 4.78 is 29.5. The second kappa shape index (κ2) is 8.00. The highest BCUT2D eigenvalue weighted by molar-refractivity contribution is 7.85. The van der Waals surface area contributed by atoms with Crippen molar-refractivity contribution in [2.75, 3.05) is 12.3 Å². The van der Waals surface area contributed by atoms with Crippen LogP contribution in [0.4, 0.5) is 0 Å². The van der Waals surface area contributed by atoms with Gasteiger partial charge in [0.1, 0.15) is 0 Å². The zero-order valence-electron chi connectivity index (χ0n) is 10.1. The molecule has 0 aromatic rings. The van der Waals surface area contributed by atoms with Crippen LogP contribution in [-0.4, -0.2) is 37.4 Å². The van der Waals surface area contributed by atoms with Crippen LogP contribution in [0.5, 0.6) is 0 Å². The first-order valence-electron chi connectivity index (χ1n) is 5.79. The molecule has 0 fully saturated rings. The summed E-state index contributed by atoms with van der Waals surface area (Å²) in [5.41, 5.74) is 5.91. The van der Waals surface area contributed by atoms with Crippen LogP contribution >= 0.6 is 0 Å². The first kappa shape index (κ1) is 15.8. The van der Waals surface area contributed by atoms with E-state index in [-0.39, 0.29) is 24.4 Å². The van der Waals surface area contributed by atoms with Crippen molar-refractivity contribution in [3.63, 3.8) is 0 Å². The maximum Gasteiger partial charge on any atom is 0.266 e. The van der Waals surface area contributed by atoms with Crippen molar-refractivity contribution in [1.82, 2.24) is 5.32 Å². The van der Waals surface area contributed by atoms with Crippen LogP contribution in [0.3, 0.4) is 0 Å². The standard InChI is InChI=1S/C10H24N2O3S/c1-3-4-5-10(11)8-9(2)12-6-7-16(13,14)15/h9-10,12H,3-8,11H2,1-2H3,(H,13,14,15). The van der Waals surface area contributed by atoms with Gasteiger partial charge >= 0.3 is 0 Å². The Morgan fingerprint density at radius 2 is 2.06 bits per heavy atom. The molecule has 5 nitrogen and oxygen atoms in total. The van der Waals surface area contributed by atoms with Crippen molar-refractivity contribution in [3.8, 4) is 0 Å². The van der Waals surface area contributed by atoms with Gasteiger partial charge in [0.25, 0.3) is 10.1 Å². The Labute approximate surface area is 98.5 Å². The van der Waals surface area contributed by atoms with Gasteiger partial charge in [-0.2, -0.15) is 8.42 Å². The molecule has 0 aliphatic rings. The molecular weight excluding hydrogens is 228 g/mol. The normalized spacial score (nSPS) is 16.0. The topological polar surface area (TPSA) is 92.4 Å². The molecule has 0 heterocycles. The molecule has 0 aliphatic heterocycles. The van der Waals surface area contributed by atoms with Gasteiger partial charge in [-0.05, 0) is 19.8 Å². The summed E-state index contributed by atoms with van der Waals surface area (Å²) in [5.74, 6) is -0.248. The molecule has 0 saturated carbocycles. The summed E-state index contributed by atoms with van der Waals surface area (Å²) in [4.78, 5) is 0. The van der Waals surface area contributed by atoms with E-state index in [9.17, 15) is 8.42 Å². The smallest absolute Gasteiger partial charge is 0.266 e. The third-order valence-corrected chi connectivity index (χ3v) is 3.16. The van der Waals surface area contributed by atoms with E-state index in [0.29, 0.717) is 0 Å². The van der Waals surface area contributed by atoms with E-state index < -0.39 is 10.1 Å². The molecule has 98 valence electrons. The molecular formula is C10H24N2O3S. The minimum absolute atomic E-state index is 0.160. The first-order valence-corrected chi connectivity index (χ1v) is 7.40. The van der Waals surface area contributed by atoms with Crippen LogP contribution in [0.1, 0.15) is 39.5 Å². The van der Waals surface area contributed by atoms with Gasteiger partial charge in [0.15, 0.2) is 0 Å². The van der Waals surface area contributed by atoms with Crippen LogP contribution in [0.15, 0.2) is 0 Å². The van der Waals surface area contributed by atoms with E-state index in [4.69, 9.17) is 10.3 Å². The lowest BCUT2D eigenvalue weighted by Crippen LogP contribution is -2.36. The minimum Gasteiger partial charge on any atom is -0.328 e. The second-order valence-electron chi connectivity index (χ2n) is 4.28. The molecule has 2 atom stereocenters. The van der Waals surface area contributed by atoms with Gasteiger partial charge in [-0.15, -0.1) is 0 Å². The van der Waals surface area contributed by atoms with Gasteiger partial charge in [0.05, 0.1) is 5.75 Å². The van der Waals surface area contributed by atoms with Gasteiger partial charge in [0, 0.05) is 18.6 Å². The molecule has 0 aliphatic carbocycles. The molecule has 16 heavy (non-hydrogen) atoms. The fourth-order valence-corrected chi connectivity index (χ4v) is 1.93. The van der Waals surface area contributed by atoms with Crippen molar-refractivity contribution in [2.45, 2.75) is 51.6 Å². The van der Waals surface area contributed by atoms with Crippen molar-refractivity contribution in [2.24, 2.45) is 5.73 Å². The van der Waals surface area contributed by atoms with Crippen molar-refractivity contribution < 1.29 is 13.0 Å². The van der Waals surface area contributed by atoms with E-state index in [1.54, 1.807) is 0 Å². The predicted molar refractivity (Wildman–Crippen MR) is 66.0 cm³/mol. The van der Waals surface area contributed by atoms with E-state index in [2.05, 4.69) is 12.2 Å². The zero-order valence-corrected chi connectivity index (χ0v) is 11.0. The fraction of sp³-hybridized carbons (Fsp3) is 1.00. The Balaban J connectivity index is 3.61. The zero-order chi connectivity index (χ0) is 12.6. The molecule has 0 amide bonds. The number of hydrogen-bond acceptors (Lipinski definition) is 4. The molecule has 2 unspecified atom stereocenters. The highest BCUT2D eigenvalue weighted by atomic mass is 32.2. The largest absolute Gasteiger partial charge is 0.328 e. The minimum atomic E-state index is -3.86. The number of nitrogens with one attached hydrogen (secondary N) is 1. The number of unbranched alkanes of at least 4 members (excludes halogenated alkanes) is 1. The molecule has 0 aromatic carbocycles. The Hall–Kier alpha value is -0.170. The SMILES string of the molecule is CCCCC(N)CC(C)NCCS(=O)(=O)O. The number of nitrogens with two attached hydrogens (primary N) is 1. The second-order valence-corrected chi connectivity index (χ2v) is 5.85. The molecule has 4 N–H and O–H groups in total. The van der Waals surface area contributed by atoms with Crippen LogP contribution in [0.25, 0.3) is 0 Å². The Kier molecular flexibility index (Phi) is 7.91. The van der Waals surface area contributed by atoms with Crippen molar-refractivity contribution >= 4 is 10.1 Å². The van der Waals surface area contributed by atoms with Crippen LogP contribution in [0.2, 0.25) is 0 Å². The number of rotatable bonds is 9. The van der Waals surface area contributed by atoms with E-state index >= 15 is 0 Å². The number of hydrogen-bond donors (Lipinski definition) is 3. The third-order valence-electron chi connectivity index (χ3n) is 2.44. The van der Waals surface area contributed by atoms with E-state index in [0.717, 1.165) is 25.7 Å². The van der Waals surface area contributed by atoms with Gasteiger partial charge < -0.3 is 11.1 Å². The summed E-state index contributed by atoms with van der Waals surface area (Å²) >= 11 is 0. The summed E-state index contributed by atoms with van der Waals surface area (Å²) in [5, 5.41) is 3.03. The van der Waals surface area contributed by atoms with Crippen molar-refractivity contribution in [1.29, 1.82) is 0 Å². The Bertz CT molecular complexity index is 267. The monoisotopic (exact) mass is 252 g/mol. The average Bonchev–Trinajstić information content (AvgIpc) is 2.12. The maximum absolute atomic E-state index is 10.5. The lowest BCUT2D eigenvalue weighted by Gasteiger charge is -2.18. The highest BCUT2D eigenvalue weighted by Gasteiger charge is 2.10. The summed E-state index contributed by atoms with van der Waals surface area (Å²) in [6.07, 6.45) is 4.09. The van der Waals surface area contributed by atoms with Crippen LogP contribution < -0.4 is 11.1 Å². The van der Waals surface area contributed by atoms with Gasteiger partial charge in [-0.25, -0.2) is 0 Å². The summed E-state index contributed by atoms with van der Waals surface area (Å²) in [6.45, 7) is 4.36. The molecule has 0 spiro atoms. The summed E-state index contributed by atoms with van der Waals surface area (Å²) in [6, 6.07) is 0.335. The quantitative estimate of drug-likeness (QED) is 0.527. The Morgan fingerprint density at radius 3 is 2.56 bits per heavy atom. The molecule has 0 rings (SSSR count). The van der Waals surface area contributed by atoms with Crippen LogP contribution in [-0.2, 0) is 10.1 Å². The third kappa shape index (κ3) is 10.4.